The molecule has 0 saturated heterocycles. The maximum absolute atomic E-state index is 13.1. The van der Waals surface area contributed by atoms with Crippen molar-refractivity contribution in [3.8, 4) is 16.9 Å². The van der Waals surface area contributed by atoms with Gasteiger partial charge in [-0.25, -0.2) is 4.79 Å². The summed E-state index contributed by atoms with van der Waals surface area (Å²) in [5, 5.41) is 9.30. The van der Waals surface area contributed by atoms with Crippen LogP contribution in [-0.2, 0) is 24.1 Å². The first-order valence-electron chi connectivity index (χ1n) is 13.3. The van der Waals surface area contributed by atoms with Crippen LogP contribution >= 0.6 is 0 Å². The average molecular weight is 485 g/mol. The van der Waals surface area contributed by atoms with Gasteiger partial charge in [-0.1, -0.05) is 87.6 Å². The summed E-state index contributed by atoms with van der Waals surface area (Å²) in [7, 11) is 0. The number of aryl methyl sites for hydroxylation is 2. The number of carbonyl (C=O) groups excluding carboxylic acids is 1. The van der Waals surface area contributed by atoms with Gasteiger partial charge >= 0.3 is 11.9 Å². The molecule has 0 fully saturated rings. The fraction of sp³-hybridized carbons (Fsp3) is 0.375. The molecule has 0 spiro atoms. The van der Waals surface area contributed by atoms with Crippen LogP contribution in [0.3, 0.4) is 0 Å². The number of rotatable bonds is 11. The van der Waals surface area contributed by atoms with Crippen LogP contribution in [0.1, 0.15) is 78.9 Å². The van der Waals surface area contributed by atoms with Crippen molar-refractivity contribution >= 4 is 11.9 Å². The molecule has 0 heterocycles. The Kier molecular flexibility index (Phi) is 8.94. The summed E-state index contributed by atoms with van der Waals surface area (Å²) in [5.41, 5.74) is 5.80. The Morgan fingerprint density at radius 1 is 0.889 bits per heavy atom. The SMILES string of the molecule is CCCCCCCCc1ccc(-c2ccccc2C(=O)Oc2ccc3c(c2)CCC(C(=O)O)C3)cc1. The normalized spacial score (nSPS) is 14.8. The van der Waals surface area contributed by atoms with Gasteiger partial charge in [0.1, 0.15) is 5.75 Å². The lowest BCUT2D eigenvalue weighted by molar-refractivity contribution is -0.142. The zero-order valence-corrected chi connectivity index (χ0v) is 21.2. The highest BCUT2D eigenvalue weighted by Gasteiger charge is 2.25. The van der Waals surface area contributed by atoms with Gasteiger partial charge in [-0.3, -0.25) is 4.79 Å². The molecule has 1 N–H and O–H groups in total. The fourth-order valence-electron chi connectivity index (χ4n) is 5.04. The largest absolute Gasteiger partial charge is 0.481 e. The lowest BCUT2D eigenvalue weighted by Gasteiger charge is -2.22. The third-order valence-electron chi connectivity index (χ3n) is 7.20. The highest BCUT2D eigenvalue weighted by molar-refractivity contribution is 5.98. The highest BCUT2D eigenvalue weighted by Crippen LogP contribution is 2.30. The van der Waals surface area contributed by atoms with Crippen molar-refractivity contribution in [2.45, 2.75) is 71.1 Å². The molecular weight excluding hydrogens is 448 g/mol. The Balaban J connectivity index is 1.41. The molecule has 1 atom stereocenters. The number of hydrogen-bond acceptors (Lipinski definition) is 3. The molecule has 0 aliphatic heterocycles. The smallest absolute Gasteiger partial charge is 0.344 e. The first-order valence-corrected chi connectivity index (χ1v) is 13.3. The van der Waals surface area contributed by atoms with Crippen molar-refractivity contribution in [1.29, 1.82) is 0 Å². The first-order chi connectivity index (χ1) is 17.5. The number of ether oxygens (including phenoxy) is 1. The molecule has 4 heteroatoms. The van der Waals surface area contributed by atoms with Crippen LogP contribution in [0.15, 0.2) is 66.7 Å². The van der Waals surface area contributed by atoms with E-state index in [1.807, 2.05) is 30.3 Å². The van der Waals surface area contributed by atoms with Gasteiger partial charge in [-0.05, 0) is 78.1 Å². The summed E-state index contributed by atoms with van der Waals surface area (Å²) in [4.78, 5) is 24.5. The Morgan fingerprint density at radius 3 is 2.42 bits per heavy atom. The molecule has 1 aliphatic carbocycles. The van der Waals surface area contributed by atoms with Crippen LogP contribution < -0.4 is 4.74 Å². The maximum Gasteiger partial charge on any atom is 0.344 e. The van der Waals surface area contributed by atoms with Crippen molar-refractivity contribution in [3.63, 3.8) is 0 Å². The van der Waals surface area contributed by atoms with E-state index in [9.17, 15) is 14.7 Å². The fourth-order valence-corrected chi connectivity index (χ4v) is 5.04. The van der Waals surface area contributed by atoms with Crippen LogP contribution in [-0.4, -0.2) is 17.0 Å². The Bertz CT molecular complexity index is 1180. The third-order valence-corrected chi connectivity index (χ3v) is 7.20. The molecule has 1 unspecified atom stereocenters. The standard InChI is InChI=1S/C32H36O4/c1-2-3-4-5-6-7-10-23-13-15-24(16-14-23)29-11-8-9-12-30(29)32(35)36-28-20-19-25-21-27(31(33)34)18-17-26(25)22-28/h8-9,11-16,19-20,22,27H,2-7,10,17-18,21H2,1H3,(H,33,34). The predicted octanol–water partition coefficient (Wildman–Crippen LogP) is 7.67. The van der Waals surface area contributed by atoms with Gasteiger partial charge in [0.25, 0.3) is 0 Å². The number of carboxylic acid groups (broad SMARTS) is 1. The predicted molar refractivity (Wildman–Crippen MR) is 144 cm³/mol. The van der Waals surface area contributed by atoms with Crippen LogP contribution in [0.25, 0.3) is 11.1 Å². The molecule has 36 heavy (non-hydrogen) atoms. The number of unbranched alkanes of at least 4 members (excludes halogenated alkanes) is 5. The van der Waals surface area contributed by atoms with Crippen molar-refractivity contribution in [2.24, 2.45) is 5.92 Å². The lowest BCUT2D eigenvalue weighted by atomic mass is 9.84. The number of carboxylic acids is 1. The van der Waals surface area contributed by atoms with E-state index < -0.39 is 5.97 Å². The van der Waals surface area contributed by atoms with Crippen LogP contribution in [0.4, 0.5) is 0 Å². The summed E-state index contributed by atoms with van der Waals surface area (Å²) in [6.45, 7) is 2.24. The van der Waals surface area contributed by atoms with Crippen molar-refractivity contribution < 1.29 is 19.4 Å². The minimum absolute atomic E-state index is 0.338. The van der Waals surface area contributed by atoms with Crippen molar-refractivity contribution in [2.75, 3.05) is 0 Å². The second kappa shape index (κ2) is 12.5. The molecule has 3 aromatic rings. The molecule has 0 aromatic heterocycles. The van der Waals surface area contributed by atoms with E-state index in [0.29, 0.717) is 30.6 Å². The highest BCUT2D eigenvalue weighted by atomic mass is 16.5. The average Bonchev–Trinajstić information content (AvgIpc) is 2.90. The van der Waals surface area contributed by atoms with Gasteiger partial charge in [0.15, 0.2) is 0 Å². The van der Waals surface area contributed by atoms with E-state index >= 15 is 0 Å². The molecule has 4 rings (SSSR count). The van der Waals surface area contributed by atoms with Crippen molar-refractivity contribution in [1.82, 2.24) is 0 Å². The summed E-state index contributed by atoms with van der Waals surface area (Å²) in [5.74, 6) is -0.976. The van der Waals surface area contributed by atoms with Gasteiger partial charge in [-0.15, -0.1) is 0 Å². The lowest BCUT2D eigenvalue weighted by Crippen LogP contribution is -2.22. The van der Waals surface area contributed by atoms with Gasteiger partial charge in [0.05, 0.1) is 11.5 Å². The van der Waals surface area contributed by atoms with E-state index in [-0.39, 0.29) is 11.9 Å². The van der Waals surface area contributed by atoms with Gasteiger partial charge in [0, 0.05) is 0 Å². The van der Waals surface area contributed by atoms with E-state index in [1.54, 1.807) is 12.1 Å². The second-order valence-electron chi connectivity index (χ2n) is 9.86. The summed E-state index contributed by atoms with van der Waals surface area (Å²) in [6, 6.07) is 21.6. The molecule has 4 nitrogen and oxygen atoms in total. The number of esters is 1. The number of benzene rings is 3. The number of fused-ring (bicyclic) bond motifs is 1. The molecule has 3 aromatic carbocycles. The molecule has 0 amide bonds. The monoisotopic (exact) mass is 484 g/mol. The van der Waals surface area contributed by atoms with E-state index in [0.717, 1.165) is 28.7 Å². The zero-order chi connectivity index (χ0) is 25.3. The molecule has 188 valence electrons. The summed E-state index contributed by atoms with van der Waals surface area (Å²) in [6.07, 6.45) is 10.6. The topological polar surface area (TPSA) is 63.6 Å². The van der Waals surface area contributed by atoms with Crippen LogP contribution in [0, 0.1) is 5.92 Å². The quantitative estimate of drug-likeness (QED) is 0.172. The van der Waals surface area contributed by atoms with Crippen LogP contribution in [0.2, 0.25) is 0 Å². The van der Waals surface area contributed by atoms with Gasteiger partial charge in [-0.2, -0.15) is 0 Å². The minimum atomic E-state index is -0.747. The molecule has 0 radical (unpaired) electrons. The summed E-state index contributed by atoms with van der Waals surface area (Å²) >= 11 is 0. The maximum atomic E-state index is 13.1. The third kappa shape index (κ3) is 6.63. The van der Waals surface area contributed by atoms with E-state index in [4.69, 9.17) is 4.74 Å². The second-order valence-corrected chi connectivity index (χ2v) is 9.86. The number of carbonyl (C=O) groups is 2. The summed E-state index contributed by atoms with van der Waals surface area (Å²) < 4.78 is 5.76. The Labute approximate surface area is 214 Å². The van der Waals surface area contributed by atoms with E-state index in [1.165, 1.54) is 44.1 Å². The zero-order valence-electron chi connectivity index (χ0n) is 21.2. The number of hydrogen-bond donors (Lipinski definition) is 1. The number of aliphatic carboxylic acids is 1. The van der Waals surface area contributed by atoms with Crippen LogP contribution in [0.5, 0.6) is 5.75 Å². The molecule has 1 aliphatic rings. The molecule has 0 saturated carbocycles. The van der Waals surface area contributed by atoms with Gasteiger partial charge < -0.3 is 9.84 Å². The minimum Gasteiger partial charge on any atom is -0.481 e. The molecule has 0 bridgehead atoms. The van der Waals surface area contributed by atoms with Crippen molar-refractivity contribution in [3.05, 3.63) is 89.0 Å². The van der Waals surface area contributed by atoms with Gasteiger partial charge in [0.2, 0.25) is 0 Å². The first kappa shape index (κ1) is 25.7. The van der Waals surface area contributed by atoms with E-state index in [2.05, 4.69) is 31.2 Å². The Hall–Kier alpha value is -3.40. The molecular formula is C32H36O4. The Morgan fingerprint density at radius 2 is 1.64 bits per heavy atom.